The predicted octanol–water partition coefficient (Wildman–Crippen LogP) is 4.04. The van der Waals surface area contributed by atoms with Gasteiger partial charge in [-0.15, -0.1) is 0 Å². The molecule has 7 heteroatoms. The average Bonchev–Trinajstić information content (AvgIpc) is 3.15. The van der Waals surface area contributed by atoms with Crippen LogP contribution in [0.15, 0.2) is 91.0 Å². The number of esters is 3. The van der Waals surface area contributed by atoms with Gasteiger partial charge >= 0.3 is 17.9 Å². The summed E-state index contributed by atoms with van der Waals surface area (Å²) in [4.78, 5) is 38.1. The fourth-order valence-corrected chi connectivity index (χ4v) is 3.48. The highest BCUT2D eigenvalue weighted by Gasteiger charge is 2.55. The van der Waals surface area contributed by atoms with Crippen molar-refractivity contribution < 1.29 is 33.3 Å². The highest BCUT2D eigenvalue weighted by Crippen LogP contribution is 2.34. The van der Waals surface area contributed by atoms with Crippen molar-refractivity contribution in [3.05, 3.63) is 108 Å². The zero-order valence-electron chi connectivity index (χ0n) is 17.9. The number of ether oxygens (including phenoxy) is 4. The SMILES string of the molecule is CC1(OC(=O)c2ccccc2)OCC(OC(=O)c2ccccc2)C1OC(=O)c1ccccc1. The zero-order chi connectivity index (χ0) is 23.3. The molecule has 4 rings (SSSR count). The summed E-state index contributed by atoms with van der Waals surface area (Å²) in [5.41, 5.74) is 0.940. The van der Waals surface area contributed by atoms with Crippen LogP contribution in [-0.2, 0) is 18.9 Å². The topological polar surface area (TPSA) is 88.1 Å². The summed E-state index contributed by atoms with van der Waals surface area (Å²) >= 11 is 0. The van der Waals surface area contributed by atoms with Crippen LogP contribution in [0.2, 0.25) is 0 Å². The summed E-state index contributed by atoms with van der Waals surface area (Å²) in [6.45, 7) is 1.36. The summed E-state index contributed by atoms with van der Waals surface area (Å²) in [5.74, 6) is -3.59. The van der Waals surface area contributed by atoms with Gasteiger partial charge in [-0.3, -0.25) is 0 Å². The van der Waals surface area contributed by atoms with Crippen molar-refractivity contribution in [3.8, 4) is 0 Å². The molecule has 0 aliphatic carbocycles. The van der Waals surface area contributed by atoms with E-state index in [1.165, 1.54) is 6.92 Å². The first kappa shape index (κ1) is 22.2. The lowest BCUT2D eigenvalue weighted by Gasteiger charge is -2.31. The van der Waals surface area contributed by atoms with Crippen molar-refractivity contribution in [2.45, 2.75) is 24.9 Å². The third kappa shape index (κ3) is 5.10. The van der Waals surface area contributed by atoms with E-state index in [9.17, 15) is 14.4 Å². The van der Waals surface area contributed by atoms with E-state index in [-0.39, 0.29) is 6.61 Å². The summed E-state index contributed by atoms with van der Waals surface area (Å²) in [6.07, 6.45) is -2.18. The van der Waals surface area contributed by atoms with Gasteiger partial charge in [-0.2, -0.15) is 0 Å². The smallest absolute Gasteiger partial charge is 0.340 e. The van der Waals surface area contributed by atoms with Crippen LogP contribution < -0.4 is 0 Å². The first-order valence-corrected chi connectivity index (χ1v) is 10.4. The van der Waals surface area contributed by atoms with Crippen molar-refractivity contribution in [1.29, 1.82) is 0 Å². The molecule has 1 fully saturated rings. The van der Waals surface area contributed by atoms with Crippen LogP contribution in [-0.4, -0.2) is 42.5 Å². The first-order chi connectivity index (χ1) is 16.0. The maximum absolute atomic E-state index is 12.8. The van der Waals surface area contributed by atoms with Gasteiger partial charge in [0.15, 0.2) is 6.10 Å². The van der Waals surface area contributed by atoms with E-state index in [0.717, 1.165) is 0 Å². The molecule has 1 saturated heterocycles. The van der Waals surface area contributed by atoms with Gasteiger partial charge in [-0.05, 0) is 36.4 Å². The fraction of sp³-hybridized carbons (Fsp3) is 0.192. The van der Waals surface area contributed by atoms with Crippen molar-refractivity contribution in [1.82, 2.24) is 0 Å². The van der Waals surface area contributed by atoms with Gasteiger partial charge in [0.05, 0.1) is 23.3 Å². The molecule has 3 aromatic carbocycles. The zero-order valence-corrected chi connectivity index (χ0v) is 17.9. The minimum Gasteiger partial charge on any atom is -0.452 e. The van der Waals surface area contributed by atoms with Crippen LogP contribution in [0.1, 0.15) is 38.0 Å². The van der Waals surface area contributed by atoms with Crippen molar-refractivity contribution >= 4 is 17.9 Å². The van der Waals surface area contributed by atoms with Crippen molar-refractivity contribution in [2.75, 3.05) is 6.61 Å². The first-order valence-electron chi connectivity index (χ1n) is 10.4. The van der Waals surface area contributed by atoms with E-state index in [1.807, 2.05) is 0 Å². The molecule has 0 saturated carbocycles. The molecule has 0 radical (unpaired) electrons. The number of rotatable bonds is 6. The molecule has 1 aliphatic heterocycles. The monoisotopic (exact) mass is 446 g/mol. The second kappa shape index (κ2) is 9.67. The van der Waals surface area contributed by atoms with Crippen LogP contribution in [0.25, 0.3) is 0 Å². The third-order valence-corrected chi connectivity index (χ3v) is 5.20. The Kier molecular flexibility index (Phi) is 6.51. The Morgan fingerprint density at radius 3 is 1.61 bits per heavy atom. The standard InChI is InChI=1S/C26H22O7/c1-26(33-25(29)20-15-9-4-10-16-20)22(32-24(28)19-13-7-3-8-14-19)21(17-30-26)31-23(27)18-11-5-2-6-12-18/h2-16,21-22H,17H2,1H3. The van der Waals surface area contributed by atoms with E-state index >= 15 is 0 Å². The molecule has 0 bridgehead atoms. The average molecular weight is 446 g/mol. The molecule has 1 heterocycles. The Morgan fingerprint density at radius 2 is 1.12 bits per heavy atom. The molecule has 3 aromatic rings. The van der Waals surface area contributed by atoms with Gasteiger partial charge < -0.3 is 18.9 Å². The summed E-state index contributed by atoms with van der Waals surface area (Å²) in [6, 6.07) is 25.1. The summed E-state index contributed by atoms with van der Waals surface area (Å²) in [7, 11) is 0. The lowest BCUT2D eigenvalue weighted by atomic mass is 10.1. The molecular formula is C26H22O7. The normalized spacial score (nSPS) is 21.7. The van der Waals surface area contributed by atoms with Crippen LogP contribution >= 0.6 is 0 Å². The highest BCUT2D eigenvalue weighted by molar-refractivity contribution is 5.91. The van der Waals surface area contributed by atoms with E-state index < -0.39 is 35.9 Å². The molecule has 7 nitrogen and oxygen atoms in total. The molecular weight excluding hydrogens is 424 g/mol. The Bertz CT molecular complexity index is 1120. The molecule has 33 heavy (non-hydrogen) atoms. The van der Waals surface area contributed by atoms with E-state index in [2.05, 4.69) is 0 Å². The van der Waals surface area contributed by atoms with E-state index in [1.54, 1.807) is 91.0 Å². The largest absolute Gasteiger partial charge is 0.452 e. The second-order valence-corrected chi connectivity index (χ2v) is 7.58. The van der Waals surface area contributed by atoms with Crippen LogP contribution in [0.4, 0.5) is 0 Å². The number of hydrogen-bond donors (Lipinski definition) is 0. The minimum absolute atomic E-state index is 0.121. The summed E-state index contributed by atoms with van der Waals surface area (Å²) < 4.78 is 22.6. The quantitative estimate of drug-likeness (QED) is 0.417. The number of hydrogen-bond acceptors (Lipinski definition) is 7. The Labute approximate surface area is 190 Å². The maximum atomic E-state index is 12.8. The van der Waals surface area contributed by atoms with E-state index in [0.29, 0.717) is 16.7 Å². The molecule has 3 unspecified atom stereocenters. The van der Waals surface area contributed by atoms with Gasteiger partial charge in [-0.1, -0.05) is 54.6 Å². The van der Waals surface area contributed by atoms with Crippen LogP contribution in [0, 0.1) is 0 Å². The lowest BCUT2D eigenvalue weighted by molar-refractivity contribution is -0.203. The molecule has 1 aliphatic rings. The number of carbonyl (C=O) groups excluding carboxylic acids is 3. The predicted molar refractivity (Wildman–Crippen MR) is 118 cm³/mol. The van der Waals surface area contributed by atoms with Crippen LogP contribution in [0.5, 0.6) is 0 Å². The minimum atomic E-state index is -1.67. The Hall–Kier alpha value is -3.97. The van der Waals surface area contributed by atoms with E-state index in [4.69, 9.17) is 18.9 Å². The van der Waals surface area contributed by atoms with Gasteiger partial charge in [0.25, 0.3) is 5.79 Å². The van der Waals surface area contributed by atoms with Gasteiger partial charge in [0.2, 0.25) is 6.10 Å². The molecule has 0 aromatic heterocycles. The molecule has 0 N–H and O–H groups in total. The Balaban J connectivity index is 1.57. The second-order valence-electron chi connectivity index (χ2n) is 7.58. The fourth-order valence-electron chi connectivity index (χ4n) is 3.48. The van der Waals surface area contributed by atoms with Gasteiger partial charge in [0, 0.05) is 6.92 Å². The van der Waals surface area contributed by atoms with Crippen molar-refractivity contribution in [3.63, 3.8) is 0 Å². The van der Waals surface area contributed by atoms with Crippen molar-refractivity contribution in [2.24, 2.45) is 0 Å². The maximum Gasteiger partial charge on any atom is 0.340 e. The number of carbonyl (C=O) groups is 3. The summed E-state index contributed by atoms with van der Waals surface area (Å²) in [5, 5.41) is 0. The van der Waals surface area contributed by atoms with Gasteiger partial charge in [-0.25, -0.2) is 14.4 Å². The number of benzene rings is 3. The molecule has 0 amide bonds. The molecule has 168 valence electrons. The highest BCUT2D eigenvalue weighted by atomic mass is 16.8. The third-order valence-electron chi connectivity index (χ3n) is 5.20. The van der Waals surface area contributed by atoms with Crippen LogP contribution in [0.3, 0.4) is 0 Å². The molecule has 0 spiro atoms. The molecule has 3 atom stereocenters. The Morgan fingerprint density at radius 1 is 0.697 bits per heavy atom. The lowest BCUT2D eigenvalue weighted by Crippen LogP contribution is -2.48. The van der Waals surface area contributed by atoms with Gasteiger partial charge in [0.1, 0.15) is 0 Å².